The molecule has 1 rings (SSSR count). The minimum Gasteiger partial charge on any atom is -0.302 e. The third-order valence-electron chi connectivity index (χ3n) is 1.55. The lowest BCUT2D eigenvalue weighted by Crippen LogP contribution is -2.31. The molecule has 2 heteroatoms. The van der Waals surface area contributed by atoms with E-state index in [4.69, 9.17) is 0 Å². The molecule has 0 amide bonds. The molecule has 0 aliphatic carbocycles. The van der Waals surface area contributed by atoms with E-state index in [2.05, 4.69) is 23.6 Å². The van der Waals surface area contributed by atoms with Gasteiger partial charge in [-0.1, -0.05) is 14.4 Å². The summed E-state index contributed by atoms with van der Waals surface area (Å²) < 4.78 is 0. The quantitative estimate of drug-likeness (QED) is 0.555. The molecule has 1 aliphatic rings. The predicted molar refractivity (Wildman–Crippen MR) is 46.2 cm³/mol. The van der Waals surface area contributed by atoms with Crippen molar-refractivity contribution in [3.8, 4) is 0 Å². The maximum Gasteiger partial charge on any atom is 0.00726 e. The first kappa shape index (κ1) is 9.31. The summed E-state index contributed by atoms with van der Waals surface area (Å²) in [5.41, 5.74) is 0. The molecule has 0 bridgehead atoms. The van der Waals surface area contributed by atoms with Crippen LogP contribution in [0.1, 0.15) is 14.4 Å². The summed E-state index contributed by atoms with van der Waals surface area (Å²) in [5, 5.41) is 0. The van der Waals surface area contributed by atoms with Gasteiger partial charge in [0.2, 0.25) is 0 Å². The first-order valence-electron chi connectivity index (χ1n) is 3.23. The number of thioether (sulfide) groups is 1. The summed E-state index contributed by atoms with van der Waals surface area (Å²) in [6, 6.07) is 0. The van der Waals surface area contributed by atoms with Gasteiger partial charge in [-0.05, 0) is 6.54 Å². The van der Waals surface area contributed by atoms with E-state index in [9.17, 15) is 0 Å². The Kier molecular flexibility index (Phi) is 5.30. The molecule has 0 unspecified atom stereocenters. The maximum absolute atomic E-state index is 2.50. The zero-order chi connectivity index (χ0) is 5.82. The zero-order valence-corrected chi connectivity index (χ0v) is 6.21. The van der Waals surface area contributed by atoms with Crippen molar-refractivity contribution < 1.29 is 0 Å². The van der Waals surface area contributed by atoms with Crippen molar-refractivity contribution in [1.82, 2.24) is 4.90 Å². The second-order valence-electron chi connectivity index (χ2n) is 2.05. The number of hydrogen-bond acceptors (Lipinski definition) is 2. The number of nitrogens with zero attached hydrogens (tertiary/aromatic N) is 1. The van der Waals surface area contributed by atoms with Crippen molar-refractivity contribution in [2.45, 2.75) is 14.4 Å². The third-order valence-corrected chi connectivity index (χ3v) is 2.49. The van der Waals surface area contributed by atoms with Gasteiger partial charge >= 0.3 is 0 Å². The van der Waals surface area contributed by atoms with E-state index in [1.165, 1.54) is 31.1 Å². The average Bonchev–Trinajstić information content (AvgIpc) is 1.90. The van der Waals surface area contributed by atoms with Crippen LogP contribution in [0.4, 0.5) is 0 Å². The Morgan fingerprint density at radius 2 is 1.89 bits per heavy atom. The molecule has 0 N–H and O–H groups in total. The first-order valence-corrected chi connectivity index (χ1v) is 4.39. The smallest absolute Gasteiger partial charge is 0.00726 e. The van der Waals surface area contributed by atoms with Gasteiger partial charge in [0.1, 0.15) is 0 Å². The van der Waals surface area contributed by atoms with Crippen LogP contribution in [0.3, 0.4) is 0 Å². The van der Waals surface area contributed by atoms with Gasteiger partial charge in [0.15, 0.2) is 0 Å². The Morgan fingerprint density at radius 3 is 2.22 bits per heavy atom. The number of rotatable bonds is 1. The minimum absolute atomic E-state index is 0. The maximum atomic E-state index is 2.50. The first-order chi connectivity index (χ1) is 3.93. The van der Waals surface area contributed by atoms with E-state index >= 15 is 0 Å². The molecule has 1 fully saturated rings. The Balaban J connectivity index is 0.000000640. The van der Waals surface area contributed by atoms with E-state index in [-0.39, 0.29) is 7.43 Å². The standard InChI is InChI=1S/C6H13NS.CH4/c1-2-7-3-5-8-6-4-7;/h2-6H2,1H3;1H4. The van der Waals surface area contributed by atoms with Gasteiger partial charge in [0.05, 0.1) is 0 Å². The van der Waals surface area contributed by atoms with Crippen LogP contribution >= 0.6 is 11.8 Å². The topological polar surface area (TPSA) is 3.24 Å². The summed E-state index contributed by atoms with van der Waals surface area (Å²) >= 11 is 2.07. The normalized spacial score (nSPS) is 21.0. The highest BCUT2D eigenvalue weighted by atomic mass is 32.2. The lowest BCUT2D eigenvalue weighted by Gasteiger charge is -2.23. The highest BCUT2D eigenvalue weighted by Crippen LogP contribution is 2.07. The molecule has 0 aromatic carbocycles. The van der Waals surface area contributed by atoms with E-state index in [0.717, 1.165) is 0 Å². The predicted octanol–water partition coefficient (Wildman–Crippen LogP) is 1.69. The van der Waals surface area contributed by atoms with Crippen LogP contribution in [0, 0.1) is 0 Å². The molecule has 56 valence electrons. The van der Waals surface area contributed by atoms with E-state index < -0.39 is 0 Å². The molecule has 0 aromatic heterocycles. The fourth-order valence-corrected chi connectivity index (χ4v) is 1.90. The van der Waals surface area contributed by atoms with E-state index in [1.54, 1.807) is 0 Å². The fourth-order valence-electron chi connectivity index (χ4n) is 0.917. The van der Waals surface area contributed by atoms with Crippen molar-refractivity contribution in [3.63, 3.8) is 0 Å². The average molecular weight is 147 g/mol. The molecule has 0 spiro atoms. The van der Waals surface area contributed by atoms with Gasteiger partial charge < -0.3 is 4.90 Å². The summed E-state index contributed by atoms with van der Waals surface area (Å²) in [6.45, 7) is 6.08. The Labute approximate surface area is 62.8 Å². The highest BCUT2D eigenvalue weighted by molar-refractivity contribution is 7.99. The second kappa shape index (κ2) is 5.12. The highest BCUT2D eigenvalue weighted by Gasteiger charge is 2.05. The molecular weight excluding hydrogens is 130 g/mol. The summed E-state index contributed by atoms with van der Waals surface area (Å²) in [6.07, 6.45) is 0. The zero-order valence-electron chi connectivity index (χ0n) is 5.39. The largest absolute Gasteiger partial charge is 0.302 e. The van der Waals surface area contributed by atoms with Crippen LogP contribution in [-0.2, 0) is 0 Å². The molecule has 0 radical (unpaired) electrons. The Bertz CT molecular complexity index is 59.9. The molecule has 0 saturated carbocycles. The van der Waals surface area contributed by atoms with E-state index in [0.29, 0.717) is 0 Å². The van der Waals surface area contributed by atoms with Gasteiger partial charge in [0.25, 0.3) is 0 Å². The molecule has 0 aromatic rings. The minimum atomic E-state index is 0. The molecule has 1 aliphatic heterocycles. The van der Waals surface area contributed by atoms with Crippen LogP contribution < -0.4 is 0 Å². The molecule has 1 nitrogen and oxygen atoms in total. The lowest BCUT2D eigenvalue weighted by molar-refractivity contribution is 0.320. The van der Waals surface area contributed by atoms with Crippen LogP contribution in [0.25, 0.3) is 0 Å². The van der Waals surface area contributed by atoms with Gasteiger partial charge in [-0.25, -0.2) is 0 Å². The molecule has 1 heterocycles. The van der Waals surface area contributed by atoms with E-state index in [1.807, 2.05) is 0 Å². The lowest BCUT2D eigenvalue weighted by atomic mass is 10.5. The second-order valence-corrected chi connectivity index (χ2v) is 3.27. The summed E-state index contributed by atoms with van der Waals surface area (Å²) in [4.78, 5) is 2.50. The monoisotopic (exact) mass is 147 g/mol. The fraction of sp³-hybridized carbons (Fsp3) is 1.00. The SMILES string of the molecule is C.CCN1CCSCC1. The van der Waals surface area contributed by atoms with Crippen LogP contribution in [0.15, 0.2) is 0 Å². The Hall–Kier alpha value is 0.310. The van der Waals surface area contributed by atoms with Gasteiger partial charge in [0, 0.05) is 24.6 Å². The van der Waals surface area contributed by atoms with Crippen LogP contribution in [0.2, 0.25) is 0 Å². The van der Waals surface area contributed by atoms with Gasteiger partial charge in [-0.3, -0.25) is 0 Å². The van der Waals surface area contributed by atoms with Gasteiger partial charge in [-0.15, -0.1) is 0 Å². The van der Waals surface area contributed by atoms with Crippen molar-refractivity contribution in [2.75, 3.05) is 31.1 Å². The molecule has 1 saturated heterocycles. The molecular formula is C7H17NS. The molecule has 0 atom stereocenters. The van der Waals surface area contributed by atoms with Crippen LogP contribution in [-0.4, -0.2) is 36.0 Å². The van der Waals surface area contributed by atoms with Crippen molar-refractivity contribution in [2.24, 2.45) is 0 Å². The Morgan fingerprint density at radius 1 is 1.33 bits per heavy atom. The van der Waals surface area contributed by atoms with Crippen molar-refractivity contribution in [1.29, 1.82) is 0 Å². The molecule has 9 heavy (non-hydrogen) atoms. The summed E-state index contributed by atoms with van der Waals surface area (Å²) in [5.74, 6) is 2.68. The van der Waals surface area contributed by atoms with Crippen molar-refractivity contribution in [3.05, 3.63) is 0 Å². The number of hydrogen-bond donors (Lipinski definition) is 0. The van der Waals surface area contributed by atoms with Gasteiger partial charge in [-0.2, -0.15) is 11.8 Å². The summed E-state index contributed by atoms with van der Waals surface area (Å²) in [7, 11) is 0. The van der Waals surface area contributed by atoms with Crippen molar-refractivity contribution >= 4 is 11.8 Å². The third kappa shape index (κ3) is 3.11. The van der Waals surface area contributed by atoms with Crippen LogP contribution in [0.5, 0.6) is 0 Å².